The van der Waals surface area contributed by atoms with Gasteiger partial charge in [0.15, 0.2) is 18.2 Å². The first kappa shape index (κ1) is 51.3. The second-order valence-corrected chi connectivity index (χ2v) is 22.5. The van der Waals surface area contributed by atoms with E-state index in [0.717, 1.165) is 59.8 Å². The second-order valence-electron chi connectivity index (χ2n) is 22.5. The number of fused-ring (bicyclic) bond motifs is 4. The van der Waals surface area contributed by atoms with Gasteiger partial charge in [0, 0.05) is 32.3 Å². The molecule has 0 bridgehead atoms. The number of carbonyl (C=O) groups excluding carboxylic acids is 1. The van der Waals surface area contributed by atoms with Gasteiger partial charge in [0.05, 0.1) is 35.8 Å². The zero-order chi connectivity index (χ0) is 47.8. The summed E-state index contributed by atoms with van der Waals surface area (Å²) in [7, 11) is 5.81. The molecular formula is C55H80N4O5. The van der Waals surface area contributed by atoms with Crippen LogP contribution in [-0.2, 0) is 15.6 Å². The molecule has 1 spiro atoms. The predicted octanol–water partition coefficient (Wildman–Crippen LogP) is 13.3. The molecule has 5 aliphatic rings. The van der Waals surface area contributed by atoms with E-state index in [4.69, 9.17) is 18.9 Å². The predicted molar refractivity (Wildman–Crippen MR) is 270 cm³/mol. The highest BCUT2D eigenvalue weighted by molar-refractivity contribution is 5.97. The van der Waals surface area contributed by atoms with Crippen molar-refractivity contribution in [3.05, 3.63) is 109 Å². The Kier molecular flexibility index (Phi) is 16.6. The van der Waals surface area contributed by atoms with E-state index in [1.165, 1.54) is 29.7 Å². The molecule has 4 heterocycles. The summed E-state index contributed by atoms with van der Waals surface area (Å²) in [6.07, 6.45) is 2.38. The summed E-state index contributed by atoms with van der Waals surface area (Å²) in [6.45, 7) is 37.5. The first-order valence-electron chi connectivity index (χ1n) is 22.8. The third-order valence-corrected chi connectivity index (χ3v) is 10.2. The van der Waals surface area contributed by atoms with Crippen molar-refractivity contribution in [2.45, 2.75) is 126 Å². The quantitative estimate of drug-likeness (QED) is 0.187. The van der Waals surface area contributed by atoms with E-state index >= 15 is 0 Å². The smallest absolute Gasteiger partial charge is 0.264 e. The highest BCUT2D eigenvalue weighted by atomic mass is 16.5. The molecule has 64 heavy (non-hydrogen) atoms. The minimum Gasteiger partial charge on any atom is -0.489 e. The maximum atomic E-state index is 11.2. The first-order chi connectivity index (χ1) is 29.6. The van der Waals surface area contributed by atoms with E-state index < -0.39 is 0 Å². The lowest BCUT2D eigenvalue weighted by Gasteiger charge is -2.32. The standard InChI is InChI=1S/C14H19NO.C13H19NO.C9H9NO2.C9H9NO.2C5H12/c1-13(2,3)10-5-4-6-11-12(10)16-14(7-8-14)9-15-11;1-13(2,3)10-6-5-7-11-12(10)15-9-8-14(11)4;1-10-7-4-2-3-5-8(7)12-6-9(10)11;1-7-10(2)8-5-3-4-6-9(8)11-7;2*1-5(2,3)4/h4-6,15H,7-9H2,1-3H3;5-7H,8-9H2,1-4H3;2-5H,6H2,1H3;3-6H,1H2,2H3;2*1-4H3. The van der Waals surface area contributed by atoms with Gasteiger partial charge in [0.1, 0.15) is 29.5 Å². The summed E-state index contributed by atoms with van der Waals surface area (Å²) in [5.41, 5.74) is 8.30. The number of carbonyl (C=O) groups is 1. The second kappa shape index (κ2) is 20.7. The lowest BCUT2D eigenvalue weighted by molar-refractivity contribution is -0.120. The van der Waals surface area contributed by atoms with E-state index in [9.17, 15) is 4.79 Å². The Morgan fingerprint density at radius 2 is 1.08 bits per heavy atom. The molecule has 0 aromatic heterocycles. The van der Waals surface area contributed by atoms with Crippen molar-refractivity contribution >= 4 is 28.7 Å². The SMILES string of the molecule is C=C1Oc2ccccc2N1C.CC(C)(C)C.CC(C)(C)C.CC(C)(C)c1cccc2c1OC1(CC1)CN2.CN1C(=O)COc2ccccc21.CN1CCOc2c1cccc2C(C)(C)C. The zero-order valence-electron chi connectivity index (χ0n) is 42.4. The Labute approximate surface area is 387 Å². The summed E-state index contributed by atoms with van der Waals surface area (Å²) in [6, 6.07) is 28.2. The number of nitrogens with one attached hydrogen (secondary N) is 1. The molecule has 1 fully saturated rings. The van der Waals surface area contributed by atoms with Gasteiger partial charge >= 0.3 is 0 Å². The average molecular weight is 877 g/mol. The number of likely N-dealkylation sites (N-methyl/N-ethyl adjacent to an activating group) is 2. The zero-order valence-corrected chi connectivity index (χ0v) is 42.4. The van der Waals surface area contributed by atoms with Crippen LogP contribution >= 0.6 is 0 Å². The molecule has 1 amide bonds. The lowest BCUT2D eigenvalue weighted by Crippen LogP contribution is -2.35. The summed E-state index contributed by atoms with van der Waals surface area (Å²) in [5, 5.41) is 3.50. The molecule has 0 saturated heterocycles. The molecule has 350 valence electrons. The van der Waals surface area contributed by atoms with Crippen molar-refractivity contribution in [1.29, 1.82) is 0 Å². The van der Waals surface area contributed by atoms with E-state index in [2.05, 4.69) is 157 Å². The first-order valence-corrected chi connectivity index (χ1v) is 22.8. The van der Waals surface area contributed by atoms with Gasteiger partial charge in [-0.25, -0.2) is 0 Å². The van der Waals surface area contributed by atoms with Gasteiger partial charge < -0.3 is 39.0 Å². The Balaban J connectivity index is 0.000000176. The van der Waals surface area contributed by atoms with Crippen LogP contribution in [0.4, 0.5) is 22.7 Å². The number of amides is 1. The van der Waals surface area contributed by atoms with Crippen molar-refractivity contribution in [2.75, 3.05) is 67.5 Å². The average Bonchev–Trinajstić information content (AvgIpc) is 3.88. The number of anilines is 4. The van der Waals surface area contributed by atoms with Gasteiger partial charge in [-0.15, -0.1) is 0 Å². The van der Waals surface area contributed by atoms with Gasteiger partial charge in [0.25, 0.3) is 5.91 Å². The molecule has 9 heteroatoms. The third kappa shape index (κ3) is 15.2. The Morgan fingerprint density at radius 1 is 0.594 bits per heavy atom. The number of ether oxygens (including phenoxy) is 4. The molecule has 1 N–H and O–H groups in total. The molecule has 4 aliphatic heterocycles. The van der Waals surface area contributed by atoms with E-state index in [1.54, 1.807) is 11.9 Å². The number of rotatable bonds is 0. The van der Waals surface area contributed by atoms with Crippen molar-refractivity contribution in [3.8, 4) is 23.0 Å². The minimum atomic E-state index is -0.00583. The maximum absolute atomic E-state index is 11.2. The van der Waals surface area contributed by atoms with E-state index in [1.807, 2.05) is 60.5 Å². The maximum Gasteiger partial charge on any atom is 0.264 e. The molecule has 4 aromatic carbocycles. The number of benzene rings is 4. The molecule has 4 aromatic rings. The van der Waals surface area contributed by atoms with Gasteiger partial charge in [-0.2, -0.15) is 0 Å². The fraction of sp³-hybridized carbons (Fsp3) is 0.509. The monoisotopic (exact) mass is 877 g/mol. The molecule has 0 atom stereocenters. The van der Waals surface area contributed by atoms with Crippen molar-refractivity contribution in [3.63, 3.8) is 0 Å². The van der Waals surface area contributed by atoms with Crippen LogP contribution in [0.5, 0.6) is 23.0 Å². The Morgan fingerprint density at radius 3 is 1.61 bits per heavy atom. The lowest BCUT2D eigenvalue weighted by atomic mass is 9.85. The van der Waals surface area contributed by atoms with Crippen LogP contribution < -0.4 is 39.0 Å². The topological polar surface area (TPSA) is 75.7 Å². The summed E-state index contributed by atoms with van der Waals surface area (Å²) >= 11 is 0. The van der Waals surface area contributed by atoms with Crippen molar-refractivity contribution < 1.29 is 23.7 Å². The van der Waals surface area contributed by atoms with Crippen molar-refractivity contribution in [1.82, 2.24) is 0 Å². The Hall–Kier alpha value is -5.31. The third-order valence-electron chi connectivity index (χ3n) is 10.2. The molecule has 9 rings (SSSR count). The van der Waals surface area contributed by atoms with Crippen LogP contribution in [-0.4, -0.2) is 59.0 Å². The number of hydrogen-bond donors (Lipinski definition) is 1. The van der Waals surface area contributed by atoms with E-state index in [-0.39, 0.29) is 28.9 Å². The highest BCUT2D eigenvalue weighted by Crippen LogP contribution is 2.49. The minimum absolute atomic E-state index is 0.00583. The highest BCUT2D eigenvalue weighted by Gasteiger charge is 2.48. The Bertz CT molecular complexity index is 2160. The van der Waals surface area contributed by atoms with Gasteiger partial charge in [-0.1, -0.05) is 145 Å². The van der Waals surface area contributed by atoms with Crippen LogP contribution in [0.25, 0.3) is 0 Å². The van der Waals surface area contributed by atoms with Gasteiger partial charge in [-0.3, -0.25) is 4.79 Å². The van der Waals surface area contributed by atoms with E-state index in [0.29, 0.717) is 16.7 Å². The van der Waals surface area contributed by atoms with Crippen LogP contribution in [0, 0.1) is 10.8 Å². The molecule has 1 saturated carbocycles. The summed E-state index contributed by atoms with van der Waals surface area (Å²) in [5.74, 6) is 4.50. The molecular weight excluding hydrogens is 797 g/mol. The van der Waals surface area contributed by atoms with Crippen LogP contribution in [0.3, 0.4) is 0 Å². The van der Waals surface area contributed by atoms with Crippen LogP contribution in [0.1, 0.15) is 121 Å². The number of nitrogens with zero attached hydrogens (tertiary/aromatic N) is 3. The fourth-order valence-corrected chi connectivity index (χ4v) is 6.65. The molecule has 0 unspecified atom stereocenters. The summed E-state index contributed by atoms with van der Waals surface area (Å²) < 4.78 is 22.6. The van der Waals surface area contributed by atoms with Crippen LogP contribution in [0.15, 0.2) is 97.4 Å². The largest absolute Gasteiger partial charge is 0.489 e. The van der Waals surface area contributed by atoms with Crippen molar-refractivity contribution in [2.24, 2.45) is 10.8 Å². The van der Waals surface area contributed by atoms with Gasteiger partial charge in [-0.05, 0) is 77.5 Å². The fourth-order valence-electron chi connectivity index (χ4n) is 6.65. The molecule has 1 aliphatic carbocycles. The number of para-hydroxylation sites is 6. The molecule has 9 nitrogen and oxygen atoms in total. The number of hydrogen-bond acceptors (Lipinski definition) is 8. The molecule has 0 radical (unpaired) electrons. The van der Waals surface area contributed by atoms with Gasteiger partial charge in [0.2, 0.25) is 0 Å². The van der Waals surface area contributed by atoms with Crippen LogP contribution in [0.2, 0.25) is 0 Å². The normalized spacial score (nSPS) is 16.2. The summed E-state index contributed by atoms with van der Waals surface area (Å²) in [4.78, 5) is 17.0.